The third kappa shape index (κ3) is 4.30. The van der Waals surface area contributed by atoms with Crippen LogP contribution in [0.5, 0.6) is 0 Å². The van der Waals surface area contributed by atoms with Crippen molar-refractivity contribution >= 4 is 9.84 Å². The standard InChI is InChI=1S/C15H24N2O2S/c1-15(14-7-4-3-5-8-14)13-17(11-9-16-15)10-6-12-20(2,18)19/h3-5,7-8,16H,6,9-13H2,1-2H3. The smallest absolute Gasteiger partial charge is 0.147 e. The Kier molecular flexibility index (Phi) is 4.83. The van der Waals surface area contributed by atoms with Gasteiger partial charge in [-0.25, -0.2) is 8.42 Å². The molecule has 1 heterocycles. The molecule has 1 fully saturated rings. The van der Waals surface area contributed by atoms with Crippen LogP contribution in [-0.4, -0.2) is 51.5 Å². The molecular weight excluding hydrogens is 272 g/mol. The van der Waals surface area contributed by atoms with Crippen LogP contribution in [0.4, 0.5) is 0 Å². The monoisotopic (exact) mass is 296 g/mol. The molecular formula is C15H24N2O2S. The van der Waals surface area contributed by atoms with Crippen LogP contribution in [0.15, 0.2) is 30.3 Å². The van der Waals surface area contributed by atoms with E-state index in [-0.39, 0.29) is 11.3 Å². The average molecular weight is 296 g/mol. The second kappa shape index (κ2) is 6.24. The summed E-state index contributed by atoms with van der Waals surface area (Å²) in [5.74, 6) is 0.277. The molecule has 1 N–H and O–H groups in total. The highest BCUT2D eigenvalue weighted by atomic mass is 32.2. The summed E-state index contributed by atoms with van der Waals surface area (Å²) < 4.78 is 22.4. The van der Waals surface area contributed by atoms with Gasteiger partial charge in [-0.05, 0) is 25.5 Å². The van der Waals surface area contributed by atoms with E-state index in [0.717, 1.165) is 26.2 Å². The number of rotatable bonds is 5. The van der Waals surface area contributed by atoms with Crippen LogP contribution >= 0.6 is 0 Å². The van der Waals surface area contributed by atoms with Crippen LogP contribution in [0.2, 0.25) is 0 Å². The molecule has 0 amide bonds. The minimum absolute atomic E-state index is 0.0510. The summed E-state index contributed by atoms with van der Waals surface area (Å²) in [6, 6.07) is 10.4. The van der Waals surface area contributed by atoms with E-state index in [2.05, 4.69) is 41.4 Å². The van der Waals surface area contributed by atoms with Crippen molar-refractivity contribution < 1.29 is 8.42 Å². The predicted octanol–water partition coefficient (Wildman–Crippen LogP) is 1.24. The van der Waals surface area contributed by atoms with Crippen LogP contribution in [0, 0.1) is 0 Å². The molecule has 0 aliphatic carbocycles. The predicted molar refractivity (Wildman–Crippen MR) is 82.6 cm³/mol. The zero-order valence-corrected chi connectivity index (χ0v) is 13.1. The molecule has 1 aromatic rings. The zero-order chi connectivity index (χ0) is 14.6. The van der Waals surface area contributed by atoms with Crippen molar-refractivity contribution in [1.29, 1.82) is 0 Å². The lowest BCUT2D eigenvalue weighted by Gasteiger charge is -2.42. The van der Waals surface area contributed by atoms with E-state index in [1.807, 2.05) is 6.07 Å². The Morgan fingerprint density at radius 1 is 1.30 bits per heavy atom. The molecule has 1 atom stereocenters. The van der Waals surface area contributed by atoms with Gasteiger partial charge in [-0.15, -0.1) is 0 Å². The van der Waals surface area contributed by atoms with E-state index in [0.29, 0.717) is 6.42 Å². The van der Waals surface area contributed by atoms with Crippen molar-refractivity contribution in [3.63, 3.8) is 0 Å². The van der Waals surface area contributed by atoms with Gasteiger partial charge in [-0.1, -0.05) is 30.3 Å². The summed E-state index contributed by atoms with van der Waals surface area (Å²) in [6.45, 7) is 5.89. The van der Waals surface area contributed by atoms with Gasteiger partial charge in [-0.2, -0.15) is 0 Å². The summed E-state index contributed by atoms with van der Waals surface area (Å²) in [7, 11) is -2.85. The summed E-state index contributed by atoms with van der Waals surface area (Å²) in [5.41, 5.74) is 1.23. The second-order valence-corrected chi connectivity index (χ2v) is 8.14. The summed E-state index contributed by atoms with van der Waals surface area (Å²) >= 11 is 0. The normalized spacial score (nSPS) is 24.7. The summed E-state index contributed by atoms with van der Waals surface area (Å²) in [5, 5.41) is 3.59. The lowest BCUT2D eigenvalue weighted by molar-refractivity contribution is 0.143. The van der Waals surface area contributed by atoms with Gasteiger partial charge in [0, 0.05) is 25.9 Å². The molecule has 0 radical (unpaired) electrons. The van der Waals surface area contributed by atoms with Crippen LogP contribution in [0.1, 0.15) is 18.9 Å². The highest BCUT2D eigenvalue weighted by Crippen LogP contribution is 2.24. The van der Waals surface area contributed by atoms with Crippen molar-refractivity contribution in [3.05, 3.63) is 35.9 Å². The first-order chi connectivity index (χ1) is 9.39. The van der Waals surface area contributed by atoms with Crippen LogP contribution in [0.3, 0.4) is 0 Å². The van der Waals surface area contributed by atoms with E-state index in [4.69, 9.17) is 0 Å². The van der Waals surface area contributed by atoms with E-state index in [1.165, 1.54) is 11.8 Å². The fourth-order valence-corrected chi connectivity index (χ4v) is 3.47. The molecule has 1 aliphatic rings. The van der Waals surface area contributed by atoms with Crippen molar-refractivity contribution in [3.8, 4) is 0 Å². The van der Waals surface area contributed by atoms with E-state index >= 15 is 0 Å². The maximum Gasteiger partial charge on any atom is 0.147 e. The molecule has 4 nitrogen and oxygen atoms in total. The number of benzene rings is 1. The van der Waals surface area contributed by atoms with Gasteiger partial charge in [0.1, 0.15) is 9.84 Å². The maximum absolute atomic E-state index is 11.2. The number of nitrogens with one attached hydrogen (secondary N) is 1. The van der Waals surface area contributed by atoms with E-state index < -0.39 is 9.84 Å². The Balaban J connectivity index is 1.95. The summed E-state index contributed by atoms with van der Waals surface area (Å²) in [6.07, 6.45) is 2.02. The van der Waals surface area contributed by atoms with Gasteiger partial charge in [0.15, 0.2) is 0 Å². The molecule has 1 aliphatic heterocycles. The van der Waals surface area contributed by atoms with Crippen molar-refractivity contribution in [1.82, 2.24) is 10.2 Å². The fourth-order valence-electron chi connectivity index (χ4n) is 2.81. The Morgan fingerprint density at radius 3 is 2.65 bits per heavy atom. The maximum atomic E-state index is 11.2. The molecule has 1 saturated heterocycles. The molecule has 5 heteroatoms. The van der Waals surface area contributed by atoms with Gasteiger partial charge < -0.3 is 5.32 Å². The molecule has 20 heavy (non-hydrogen) atoms. The van der Waals surface area contributed by atoms with E-state index in [9.17, 15) is 8.42 Å². The minimum atomic E-state index is -2.85. The molecule has 1 unspecified atom stereocenters. The largest absolute Gasteiger partial charge is 0.305 e. The Hall–Kier alpha value is -0.910. The molecule has 0 saturated carbocycles. The van der Waals surface area contributed by atoms with Gasteiger partial charge >= 0.3 is 0 Å². The van der Waals surface area contributed by atoms with Crippen LogP contribution in [-0.2, 0) is 15.4 Å². The summed E-state index contributed by atoms with van der Waals surface area (Å²) in [4.78, 5) is 2.36. The number of hydrogen-bond donors (Lipinski definition) is 1. The van der Waals surface area contributed by atoms with Gasteiger partial charge in [0.25, 0.3) is 0 Å². The first kappa shape index (κ1) is 15.5. The van der Waals surface area contributed by atoms with Gasteiger partial charge in [-0.3, -0.25) is 4.90 Å². The minimum Gasteiger partial charge on any atom is -0.305 e. The van der Waals surface area contributed by atoms with Crippen LogP contribution < -0.4 is 5.32 Å². The third-order valence-corrected chi connectivity index (χ3v) is 4.91. The molecule has 0 aromatic heterocycles. The highest BCUT2D eigenvalue weighted by molar-refractivity contribution is 7.90. The second-order valence-electron chi connectivity index (χ2n) is 5.88. The highest BCUT2D eigenvalue weighted by Gasteiger charge is 2.31. The lowest BCUT2D eigenvalue weighted by atomic mass is 9.89. The number of nitrogens with zero attached hydrogens (tertiary/aromatic N) is 1. The molecule has 112 valence electrons. The third-order valence-electron chi connectivity index (χ3n) is 3.88. The van der Waals surface area contributed by atoms with E-state index in [1.54, 1.807) is 0 Å². The Labute approximate surface area is 122 Å². The van der Waals surface area contributed by atoms with Gasteiger partial charge in [0.2, 0.25) is 0 Å². The molecule has 0 bridgehead atoms. The molecule has 1 aromatic carbocycles. The first-order valence-electron chi connectivity index (χ1n) is 7.10. The Bertz CT molecular complexity index is 530. The number of sulfone groups is 1. The zero-order valence-electron chi connectivity index (χ0n) is 12.3. The topological polar surface area (TPSA) is 49.4 Å². The average Bonchev–Trinajstić information content (AvgIpc) is 2.38. The molecule has 2 rings (SSSR count). The number of hydrogen-bond acceptors (Lipinski definition) is 4. The Morgan fingerprint density at radius 2 is 2.00 bits per heavy atom. The van der Waals surface area contributed by atoms with Crippen molar-refractivity contribution in [2.24, 2.45) is 0 Å². The van der Waals surface area contributed by atoms with Crippen molar-refractivity contribution in [2.75, 3.05) is 38.2 Å². The number of piperazine rings is 1. The molecule has 0 spiro atoms. The lowest BCUT2D eigenvalue weighted by Crippen LogP contribution is -2.56. The van der Waals surface area contributed by atoms with Gasteiger partial charge in [0.05, 0.1) is 11.3 Å². The first-order valence-corrected chi connectivity index (χ1v) is 9.16. The quantitative estimate of drug-likeness (QED) is 0.888. The SMILES string of the molecule is CC1(c2ccccc2)CN(CCCS(C)(=O)=O)CCN1. The van der Waals surface area contributed by atoms with Crippen LogP contribution in [0.25, 0.3) is 0 Å². The van der Waals surface area contributed by atoms with Crippen molar-refractivity contribution in [2.45, 2.75) is 18.9 Å². The fraction of sp³-hybridized carbons (Fsp3) is 0.600.